The van der Waals surface area contributed by atoms with Crippen molar-refractivity contribution < 1.29 is 0 Å². The molecule has 0 aromatic heterocycles. The fourth-order valence-electron chi connectivity index (χ4n) is 0.770. The van der Waals surface area contributed by atoms with Gasteiger partial charge in [-0.25, -0.2) is 13.1 Å². The predicted molar refractivity (Wildman–Crippen MR) is 30.0 cm³/mol. The van der Waals surface area contributed by atoms with Crippen molar-refractivity contribution in [3.63, 3.8) is 0 Å². The van der Waals surface area contributed by atoms with Gasteiger partial charge in [0.25, 0.3) is 0 Å². The molecule has 1 fully saturated rings. The van der Waals surface area contributed by atoms with Gasteiger partial charge in [-0.05, 0) is 0 Å². The summed E-state index contributed by atoms with van der Waals surface area (Å²) in [7, 11) is 0. The Morgan fingerprint density at radius 3 is 1.62 bits per heavy atom. The molecule has 0 spiro atoms. The molecule has 0 amide bonds. The Morgan fingerprint density at radius 1 is 1.00 bits per heavy atom. The zero-order valence-electron chi connectivity index (χ0n) is 4.46. The van der Waals surface area contributed by atoms with Crippen molar-refractivity contribution in [3.8, 4) is 0 Å². The summed E-state index contributed by atoms with van der Waals surface area (Å²) in [5, 5.41) is 0. The Labute approximate surface area is 48.8 Å². The molecule has 0 atom stereocenters. The zero-order chi connectivity index (χ0) is 5.98. The van der Waals surface area contributed by atoms with Crippen molar-refractivity contribution in [3.05, 3.63) is 22.8 Å². The second-order valence-corrected chi connectivity index (χ2v) is 2.04. The summed E-state index contributed by atoms with van der Waals surface area (Å²) in [6.07, 6.45) is 1.63. The molecule has 2 nitrogen and oxygen atoms in total. The van der Waals surface area contributed by atoms with E-state index in [1.807, 2.05) is 0 Å². The first kappa shape index (κ1) is 5.12. The van der Waals surface area contributed by atoms with Gasteiger partial charge in [-0.3, -0.25) is 0 Å². The molecule has 8 heavy (non-hydrogen) atoms. The van der Waals surface area contributed by atoms with E-state index in [1.165, 1.54) is 0 Å². The lowest BCUT2D eigenvalue weighted by atomic mass is 9.88. The highest BCUT2D eigenvalue weighted by Crippen LogP contribution is 2.25. The Balaban J connectivity index is 2.27. The number of hydrogen-bond acceptors (Lipinski definition) is 0. The van der Waals surface area contributed by atoms with Gasteiger partial charge in [-0.2, -0.15) is 0 Å². The SMILES string of the molecule is [C-]#[N+]C1CC([N+]#[C-])C1. The molecule has 2 heteroatoms. The standard InChI is InChI=1S/C6H6N2/c1-7-5-3-6(4-5)8-2/h5-6H,3-4H2. The minimum atomic E-state index is 0.175. The van der Waals surface area contributed by atoms with Crippen molar-refractivity contribution in [2.45, 2.75) is 24.9 Å². The molecule has 0 aromatic carbocycles. The first-order valence-electron chi connectivity index (χ1n) is 2.60. The van der Waals surface area contributed by atoms with E-state index in [0.29, 0.717) is 0 Å². The lowest BCUT2D eigenvalue weighted by molar-refractivity contribution is 0.439. The Kier molecular flexibility index (Phi) is 1.18. The average molecular weight is 106 g/mol. The predicted octanol–water partition coefficient (Wildman–Crippen LogP) is 1.36. The van der Waals surface area contributed by atoms with Gasteiger partial charge >= 0.3 is 0 Å². The molecule has 1 rings (SSSR count). The number of nitrogens with zero attached hydrogens (tertiary/aromatic N) is 2. The first-order chi connectivity index (χ1) is 3.86. The lowest BCUT2D eigenvalue weighted by Gasteiger charge is -2.15. The second kappa shape index (κ2) is 1.84. The largest absolute Gasteiger partial charge is 0.313 e. The summed E-state index contributed by atoms with van der Waals surface area (Å²) >= 11 is 0. The topological polar surface area (TPSA) is 8.72 Å². The van der Waals surface area contributed by atoms with Crippen LogP contribution in [0.4, 0.5) is 0 Å². The third-order valence-corrected chi connectivity index (χ3v) is 1.45. The zero-order valence-corrected chi connectivity index (χ0v) is 4.46. The van der Waals surface area contributed by atoms with E-state index in [0.717, 1.165) is 12.8 Å². The van der Waals surface area contributed by atoms with Gasteiger partial charge in [-0.15, -0.1) is 0 Å². The van der Waals surface area contributed by atoms with Gasteiger partial charge in [-0.1, -0.05) is 0 Å². The quantitative estimate of drug-likeness (QED) is 0.412. The van der Waals surface area contributed by atoms with Crippen LogP contribution in [0.15, 0.2) is 0 Å². The van der Waals surface area contributed by atoms with Crippen LogP contribution >= 0.6 is 0 Å². The van der Waals surface area contributed by atoms with E-state index in [-0.39, 0.29) is 12.1 Å². The van der Waals surface area contributed by atoms with Crippen LogP contribution in [-0.2, 0) is 0 Å². The summed E-state index contributed by atoms with van der Waals surface area (Å²) in [5.74, 6) is 0. The third kappa shape index (κ3) is 0.654. The van der Waals surface area contributed by atoms with Gasteiger partial charge in [0.15, 0.2) is 0 Å². The van der Waals surface area contributed by atoms with E-state index >= 15 is 0 Å². The Bertz CT molecular complexity index is 136. The van der Waals surface area contributed by atoms with Crippen LogP contribution in [0, 0.1) is 13.1 Å². The summed E-state index contributed by atoms with van der Waals surface area (Å²) in [6.45, 7) is 13.1. The monoisotopic (exact) mass is 106 g/mol. The molecule has 0 aliphatic heterocycles. The molecule has 0 unspecified atom stereocenters. The molecule has 1 aliphatic carbocycles. The minimum absolute atomic E-state index is 0.175. The highest BCUT2D eigenvalue weighted by Gasteiger charge is 2.38. The average Bonchev–Trinajstić information content (AvgIpc) is 1.65. The summed E-state index contributed by atoms with van der Waals surface area (Å²) < 4.78 is 0. The van der Waals surface area contributed by atoms with Crippen LogP contribution in [-0.4, -0.2) is 12.1 Å². The summed E-state index contributed by atoms with van der Waals surface area (Å²) in [5.41, 5.74) is 0. The van der Waals surface area contributed by atoms with E-state index in [4.69, 9.17) is 13.1 Å². The van der Waals surface area contributed by atoms with Crippen LogP contribution in [0.2, 0.25) is 0 Å². The highest BCUT2D eigenvalue weighted by molar-refractivity contribution is 5.01. The molecule has 0 radical (unpaired) electrons. The second-order valence-electron chi connectivity index (χ2n) is 2.04. The molecule has 0 aromatic rings. The van der Waals surface area contributed by atoms with Crippen LogP contribution < -0.4 is 0 Å². The molecule has 0 heterocycles. The van der Waals surface area contributed by atoms with Crippen molar-refractivity contribution in [1.29, 1.82) is 0 Å². The Hall–Kier alpha value is -1.02. The van der Waals surface area contributed by atoms with Crippen LogP contribution in [0.25, 0.3) is 9.69 Å². The normalized spacial score (nSPS) is 34.2. The fourth-order valence-corrected chi connectivity index (χ4v) is 0.770. The summed E-state index contributed by atoms with van der Waals surface area (Å²) in [4.78, 5) is 6.60. The maximum absolute atomic E-state index is 6.55. The first-order valence-corrected chi connectivity index (χ1v) is 2.60. The fraction of sp³-hybridized carbons (Fsp3) is 0.667. The third-order valence-electron chi connectivity index (χ3n) is 1.45. The van der Waals surface area contributed by atoms with Crippen molar-refractivity contribution in [1.82, 2.24) is 0 Å². The van der Waals surface area contributed by atoms with Gasteiger partial charge in [0.2, 0.25) is 12.1 Å². The van der Waals surface area contributed by atoms with Gasteiger partial charge in [0.05, 0.1) is 12.8 Å². The molecule has 1 aliphatic rings. The van der Waals surface area contributed by atoms with Crippen molar-refractivity contribution in [2.75, 3.05) is 0 Å². The van der Waals surface area contributed by atoms with Crippen molar-refractivity contribution in [2.24, 2.45) is 0 Å². The summed E-state index contributed by atoms with van der Waals surface area (Å²) in [6, 6.07) is 0.350. The minimum Gasteiger partial charge on any atom is -0.313 e. The molecular formula is C6H6N2. The molecule has 0 saturated heterocycles. The van der Waals surface area contributed by atoms with Gasteiger partial charge in [0.1, 0.15) is 0 Å². The highest BCUT2D eigenvalue weighted by atomic mass is 14.8. The van der Waals surface area contributed by atoms with Gasteiger partial charge in [0, 0.05) is 0 Å². The van der Waals surface area contributed by atoms with E-state index in [2.05, 4.69) is 9.69 Å². The van der Waals surface area contributed by atoms with Crippen LogP contribution in [0.3, 0.4) is 0 Å². The number of hydrogen-bond donors (Lipinski definition) is 0. The molecule has 1 saturated carbocycles. The van der Waals surface area contributed by atoms with E-state index in [1.54, 1.807) is 0 Å². The maximum atomic E-state index is 6.55. The molecule has 40 valence electrons. The maximum Gasteiger partial charge on any atom is 0.238 e. The van der Waals surface area contributed by atoms with Crippen molar-refractivity contribution >= 4 is 0 Å². The van der Waals surface area contributed by atoms with Crippen LogP contribution in [0.5, 0.6) is 0 Å². The molecule has 0 bridgehead atoms. The Morgan fingerprint density at radius 2 is 1.38 bits per heavy atom. The van der Waals surface area contributed by atoms with E-state index < -0.39 is 0 Å². The smallest absolute Gasteiger partial charge is 0.238 e. The van der Waals surface area contributed by atoms with Gasteiger partial charge < -0.3 is 9.69 Å². The lowest BCUT2D eigenvalue weighted by Crippen LogP contribution is -2.27. The molecular weight excluding hydrogens is 100 g/mol. The number of rotatable bonds is 0. The van der Waals surface area contributed by atoms with E-state index in [9.17, 15) is 0 Å². The molecule has 0 N–H and O–H groups in total. The van der Waals surface area contributed by atoms with Crippen LogP contribution in [0.1, 0.15) is 12.8 Å².